The third kappa shape index (κ3) is 4.29. The minimum atomic E-state index is -0.930. The van der Waals surface area contributed by atoms with E-state index >= 15 is 0 Å². The number of amides is 3. The summed E-state index contributed by atoms with van der Waals surface area (Å²) in [6, 6.07) is 11.2. The van der Waals surface area contributed by atoms with Crippen LogP contribution in [-0.4, -0.2) is 39.6 Å². The number of carbonyl (C=O) groups excluding carboxylic acids is 3. The van der Waals surface area contributed by atoms with E-state index in [1.807, 2.05) is 0 Å². The van der Waals surface area contributed by atoms with Crippen molar-refractivity contribution in [3.8, 4) is 0 Å². The van der Waals surface area contributed by atoms with E-state index in [4.69, 9.17) is 0 Å². The lowest BCUT2D eigenvalue weighted by Crippen LogP contribution is -2.51. The SMILES string of the molecule is O=C1CC(N(C(=O)c2cccc([N+](=O)[O-])c2)C2CCCCC2)C(=O)N1c1ccc(Br)cc1. The Bertz CT molecular complexity index is 1070. The first-order valence-electron chi connectivity index (χ1n) is 10.6. The van der Waals surface area contributed by atoms with Crippen LogP contribution in [0, 0.1) is 10.1 Å². The lowest BCUT2D eigenvalue weighted by molar-refractivity contribution is -0.384. The van der Waals surface area contributed by atoms with Crippen molar-refractivity contribution in [1.29, 1.82) is 0 Å². The topological polar surface area (TPSA) is 101 Å². The van der Waals surface area contributed by atoms with Crippen LogP contribution in [0.5, 0.6) is 0 Å². The molecule has 2 fully saturated rings. The van der Waals surface area contributed by atoms with Crippen LogP contribution in [-0.2, 0) is 9.59 Å². The van der Waals surface area contributed by atoms with Crippen LogP contribution in [0.15, 0.2) is 53.0 Å². The van der Waals surface area contributed by atoms with Crippen molar-refractivity contribution >= 4 is 45.0 Å². The zero-order valence-electron chi connectivity index (χ0n) is 17.3. The molecule has 2 aliphatic rings. The van der Waals surface area contributed by atoms with Gasteiger partial charge in [0.2, 0.25) is 5.91 Å². The monoisotopic (exact) mass is 499 g/mol. The van der Waals surface area contributed by atoms with Gasteiger partial charge in [0.1, 0.15) is 6.04 Å². The molecule has 0 N–H and O–H groups in total. The van der Waals surface area contributed by atoms with Crippen molar-refractivity contribution in [3.05, 3.63) is 68.7 Å². The number of nitro benzene ring substituents is 1. The van der Waals surface area contributed by atoms with E-state index in [1.165, 1.54) is 29.2 Å². The van der Waals surface area contributed by atoms with Gasteiger partial charge in [-0.3, -0.25) is 24.5 Å². The fourth-order valence-electron chi connectivity index (χ4n) is 4.52. The predicted octanol–water partition coefficient (Wildman–Crippen LogP) is 4.46. The molecule has 0 spiro atoms. The number of anilines is 1. The van der Waals surface area contributed by atoms with E-state index in [-0.39, 0.29) is 29.6 Å². The molecule has 2 aromatic carbocycles. The molecule has 2 aromatic rings. The Kier molecular flexibility index (Phi) is 6.36. The molecule has 1 aliphatic carbocycles. The van der Waals surface area contributed by atoms with Gasteiger partial charge in [-0.25, -0.2) is 4.90 Å². The minimum absolute atomic E-state index is 0.105. The summed E-state index contributed by atoms with van der Waals surface area (Å²) >= 11 is 3.34. The van der Waals surface area contributed by atoms with E-state index in [1.54, 1.807) is 24.3 Å². The summed E-state index contributed by atoms with van der Waals surface area (Å²) in [6.07, 6.45) is 4.27. The molecule has 1 saturated carbocycles. The van der Waals surface area contributed by atoms with E-state index in [2.05, 4.69) is 15.9 Å². The van der Waals surface area contributed by atoms with Crippen LogP contribution in [0.3, 0.4) is 0 Å². The zero-order chi connectivity index (χ0) is 22.8. The van der Waals surface area contributed by atoms with Crippen LogP contribution < -0.4 is 4.90 Å². The molecule has 0 radical (unpaired) electrons. The largest absolute Gasteiger partial charge is 0.323 e. The summed E-state index contributed by atoms with van der Waals surface area (Å²) in [4.78, 5) is 53.1. The zero-order valence-corrected chi connectivity index (χ0v) is 18.9. The Morgan fingerprint density at radius 1 is 1.06 bits per heavy atom. The Morgan fingerprint density at radius 2 is 1.75 bits per heavy atom. The second-order valence-corrected chi connectivity index (χ2v) is 8.99. The van der Waals surface area contributed by atoms with Gasteiger partial charge >= 0.3 is 0 Å². The van der Waals surface area contributed by atoms with Gasteiger partial charge < -0.3 is 4.90 Å². The fraction of sp³-hybridized carbons (Fsp3) is 0.348. The number of imide groups is 1. The Hall–Kier alpha value is -3.07. The number of non-ortho nitro benzene ring substituents is 1. The minimum Gasteiger partial charge on any atom is -0.323 e. The fourth-order valence-corrected chi connectivity index (χ4v) is 4.78. The molecule has 4 rings (SSSR count). The molecule has 9 heteroatoms. The summed E-state index contributed by atoms with van der Waals surface area (Å²) in [5.41, 5.74) is 0.411. The number of hydrogen-bond donors (Lipinski definition) is 0. The number of hydrogen-bond acceptors (Lipinski definition) is 5. The van der Waals surface area contributed by atoms with Crippen molar-refractivity contribution in [3.63, 3.8) is 0 Å². The van der Waals surface area contributed by atoms with Crippen LogP contribution in [0.4, 0.5) is 11.4 Å². The molecule has 32 heavy (non-hydrogen) atoms. The van der Waals surface area contributed by atoms with Gasteiger partial charge in [0, 0.05) is 28.2 Å². The van der Waals surface area contributed by atoms with Crippen LogP contribution in [0.1, 0.15) is 48.9 Å². The van der Waals surface area contributed by atoms with Gasteiger partial charge in [0.25, 0.3) is 17.5 Å². The number of carbonyl (C=O) groups is 3. The third-order valence-corrected chi connectivity index (χ3v) is 6.58. The summed E-state index contributed by atoms with van der Waals surface area (Å²) in [6.45, 7) is 0. The highest BCUT2D eigenvalue weighted by molar-refractivity contribution is 9.10. The predicted molar refractivity (Wildman–Crippen MR) is 121 cm³/mol. The van der Waals surface area contributed by atoms with Crippen molar-refractivity contribution < 1.29 is 19.3 Å². The summed E-state index contributed by atoms with van der Waals surface area (Å²) < 4.78 is 0.821. The van der Waals surface area contributed by atoms with E-state index in [9.17, 15) is 24.5 Å². The number of rotatable bonds is 5. The highest BCUT2D eigenvalue weighted by Gasteiger charge is 2.46. The van der Waals surface area contributed by atoms with Gasteiger partial charge in [-0.1, -0.05) is 41.3 Å². The average molecular weight is 500 g/mol. The number of nitro groups is 1. The van der Waals surface area contributed by atoms with E-state index in [0.29, 0.717) is 5.69 Å². The highest BCUT2D eigenvalue weighted by atomic mass is 79.9. The lowest BCUT2D eigenvalue weighted by atomic mass is 9.92. The van der Waals surface area contributed by atoms with Crippen LogP contribution >= 0.6 is 15.9 Å². The molecule has 1 saturated heterocycles. The molecule has 166 valence electrons. The molecular formula is C23H22BrN3O5. The maximum atomic E-state index is 13.6. The summed E-state index contributed by atoms with van der Waals surface area (Å²) in [7, 11) is 0. The first-order valence-corrected chi connectivity index (χ1v) is 11.4. The van der Waals surface area contributed by atoms with E-state index < -0.39 is 22.8 Å². The number of benzene rings is 2. The molecule has 1 unspecified atom stereocenters. The van der Waals surface area contributed by atoms with Gasteiger partial charge in [-0.05, 0) is 43.2 Å². The second-order valence-electron chi connectivity index (χ2n) is 8.08. The van der Waals surface area contributed by atoms with Gasteiger partial charge in [-0.15, -0.1) is 0 Å². The first-order chi connectivity index (χ1) is 15.4. The van der Waals surface area contributed by atoms with Crippen LogP contribution in [0.2, 0.25) is 0 Å². The molecule has 1 heterocycles. The van der Waals surface area contributed by atoms with Crippen molar-refractivity contribution in [1.82, 2.24) is 4.90 Å². The maximum absolute atomic E-state index is 13.6. The van der Waals surface area contributed by atoms with Crippen molar-refractivity contribution in [2.75, 3.05) is 4.90 Å². The van der Waals surface area contributed by atoms with E-state index in [0.717, 1.165) is 41.5 Å². The third-order valence-electron chi connectivity index (χ3n) is 6.05. The number of nitrogens with zero attached hydrogens (tertiary/aromatic N) is 3. The van der Waals surface area contributed by atoms with Gasteiger partial charge in [0.05, 0.1) is 17.0 Å². The van der Waals surface area contributed by atoms with Gasteiger partial charge in [0.15, 0.2) is 0 Å². The average Bonchev–Trinajstić information content (AvgIpc) is 3.09. The quantitative estimate of drug-likeness (QED) is 0.343. The highest BCUT2D eigenvalue weighted by Crippen LogP contribution is 2.33. The normalized spacial score (nSPS) is 19.3. The van der Waals surface area contributed by atoms with Gasteiger partial charge in [-0.2, -0.15) is 0 Å². The summed E-state index contributed by atoms with van der Waals surface area (Å²) in [5.74, 6) is -1.26. The molecule has 0 bridgehead atoms. The second kappa shape index (κ2) is 9.20. The van der Waals surface area contributed by atoms with Crippen molar-refractivity contribution in [2.24, 2.45) is 0 Å². The molecule has 8 nitrogen and oxygen atoms in total. The summed E-state index contributed by atoms with van der Waals surface area (Å²) in [5, 5.41) is 11.2. The molecule has 3 amide bonds. The maximum Gasteiger partial charge on any atom is 0.270 e. The standard InChI is InChI=1S/C23H22BrN3O5/c24-16-9-11-18(12-10-16)26-21(28)14-20(23(26)30)25(17-6-2-1-3-7-17)22(29)15-5-4-8-19(13-15)27(31)32/h4-5,8-13,17,20H,1-3,6-7,14H2. The Labute approximate surface area is 193 Å². The molecule has 1 aliphatic heterocycles. The lowest BCUT2D eigenvalue weighted by Gasteiger charge is -2.37. The van der Waals surface area contributed by atoms with Crippen LogP contribution in [0.25, 0.3) is 0 Å². The molecular weight excluding hydrogens is 478 g/mol. The Morgan fingerprint density at radius 3 is 2.41 bits per heavy atom. The Balaban J connectivity index is 1.69. The van der Waals surface area contributed by atoms with Crippen molar-refractivity contribution in [2.45, 2.75) is 50.6 Å². The number of halogens is 1. The molecule has 1 atom stereocenters. The first kappa shape index (κ1) is 22.1. The molecule has 0 aromatic heterocycles. The smallest absolute Gasteiger partial charge is 0.270 e.